The number of Topliss-reactive ketones (excluding diaryl/α,β-unsaturated/α-hetero) is 1. The van der Waals surface area contributed by atoms with Crippen molar-refractivity contribution in [3.05, 3.63) is 53.1 Å². The molecule has 1 aliphatic carbocycles. The number of ketones is 1. The Morgan fingerprint density at radius 2 is 2.06 bits per heavy atom. The number of nitrogens with zero attached hydrogens (tertiary/aromatic N) is 4. The van der Waals surface area contributed by atoms with Gasteiger partial charge in [-0.2, -0.15) is 12.6 Å². The fourth-order valence-electron chi connectivity index (χ4n) is 4.19. The number of hydrogen-bond donors (Lipinski definition) is 2. The van der Waals surface area contributed by atoms with Crippen LogP contribution in [0.2, 0.25) is 0 Å². The molecule has 4 rings (SSSR count). The zero-order chi connectivity index (χ0) is 22.7. The largest absolute Gasteiger partial charge is 0.481 e. The number of benzene rings is 1. The van der Waals surface area contributed by atoms with Gasteiger partial charge in [-0.25, -0.2) is 9.07 Å². The molecule has 0 spiro atoms. The van der Waals surface area contributed by atoms with Crippen LogP contribution in [0.15, 0.2) is 36.0 Å². The lowest BCUT2D eigenvalue weighted by Gasteiger charge is -2.37. The van der Waals surface area contributed by atoms with Crippen molar-refractivity contribution < 1.29 is 19.1 Å². The summed E-state index contributed by atoms with van der Waals surface area (Å²) >= 11 is 4.74. The van der Waals surface area contributed by atoms with Gasteiger partial charge >= 0.3 is 5.97 Å². The lowest BCUT2D eigenvalue weighted by Crippen LogP contribution is -2.42. The van der Waals surface area contributed by atoms with Crippen LogP contribution in [0.5, 0.6) is 0 Å². The van der Waals surface area contributed by atoms with Crippen LogP contribution in [-0.4, -0.2) is 55.1 Å². The first kappa shape index (κ1) is 22.7. The first-order valence-corrected chi connectivity index (χ1v) is 11.5. The summed E-state index contributed by atoms with van der Waals surface area (Å²) in [5, 5.41) is 16.9. The minimum Gasteiger partial charge on any atom is -0.481 e. The van der Waals surface area contributed by atoms with Gasteiger partial charge in [0.05, 0.1) is 17.9 Å². The van der Waals surface area contributed by atoms with Crippen LogP contribution in [-0.2, 0) is 16.1 Å². The molecule has 1 aromatic carbocycles. The van der Waals surface area contributed by atoms with Crippen LogP contribution in [0.4, 0.5) is 4.39 Å². The van der Waals surface area contributed by atoms with E-state index in [-0.39, 0.29) is 29.2 Å². The molecule has 7 nitrogen and oxygen atoms in total. The third-order valence-electron chi connectivity index (χ3n) is 6.06. The van der Waals surface area contributed by atoms with Gasteiger partial charge in [0.2, 0.25) is 0 Å². The van der Waals surface area contributed by atoms with E-state index in [1.807, 2.05) is 6.08 Å². The number of carboxylic acids is 1. The number of likely N-dealkylation sites (tertiary alicyclic amines) is 1. The van der Waals surface area contributed by atoms with Crippen molar-refractivity contribution in [1.29, 1.82) is 0 Å². The Kier molecular flexibility index (Phi) is 7.05. The van der Waals surface area contributed by atoms with Crippen molar-refractivity contribution in [2.45, 2.75) is 49.9 Å². The predicted octanol–water partition coefficient (Wildman–Crippen LogP) is 3.39. The van der Waals surface area contributed by atoms with Crippen LogP contribution in [0.1, 0.15) is 49.4 Å². The van der Waals surface area contributed by atoms with Crippen molar-refractivity contribution in [3.63, 3.8) is 0 Å². The lowest BCUT2D eigenvalue weighted by atomic mass is 9.93. The Labute approximate surface area is 191 Å². The standard InChI is InChI=1S/C23H27FN4O3S/c24-19-5-2-1-4-18(19)22(23(31)15-7-8-15)27-11-9-20(32)16(14-27)12-17-13-25-26-28(17)10-3-6-21(29)30/h1-2,4-5,12-13,15,20,22,32H,3,6-11,14H2,(H,29,30)/b16-12-. The zero-order valence-corrected chi connectivity index (χ0v) is 18.6. The maximum atomic E-state index is 14.7. The van der Waals surface area contributed by atoms with Crippen molar-refractivity contribution in [2.24, 2.45) is 5.92 Å². The maximum Gasteiger partial charge on any atom is 0.303 e. The van der Waals surface area contributed by atoms with E-state index in [9.17, 15) is 14.0 Å². The molecule has 2 aliphatic rings. The van der Waals surface area contributed by atoms with E-state index in [0.29, 0.717) is 31.6 Å². The number of carboxylic acid groups (broad SMARTS) is 1. The third kappa shape index (κ3) is 5.27. The smallest absolute Gasteiger partial charge is 0.303 e. The Morgan fingerprint density at radius 3 is 2.78 bits per heavy atom. The number of aryl methyl sites for hydroxylation is 1. The number of carbonyl (C=O) groups is 2. The molecule has 32 heavy (non-hydrogen) atoms. The van der Waals surface area contributed by atoms with E-state index < -0.39 is 12.0 Å². The van der Waals surface area contributed by atoms with Gasteiger partial charge in [-0.3, -0.25) is 14.5 Å². The average molecular weight is 459 g/mol. The molecule has 2 heterocycles. The molecular formula is C23H27FN4O3S. The summed E-state index contributed by atoms with van der Waals surface area (Å²) in [6.45, 7) is 1.59. The molecule has 170 valence electrons. The van der Waals surface area contributed by atoms with Crippen LogP contribution >= 0.6 is 12.6 Å². The molecule has 9 heteroatoms. The van der Waals surface area contributed by atoms with Crippen LogP contribution in [0.3, 0.4) is 0 Å². The van der Waals surface area contributed by atoms with Gasteiger partial charge in [-0.15, -0.1) is 5.10 Å². The zero-order valence-electron chi connectivity index (χ0n) is 17.7. The second-order valence-electron chi connectivity index (χ2n) is 8.47. The first-order chi connectivity index (χ1) is 15.4. The normalized spacial score (nSPS) is 21.6. The van der Waals surface area contributed by atoms with Gasteiger partial charge in [0.25, 0.3) is 0 Å². The first-order valence-electron chi connectivity index (χ1n) is 10.9. The minimum atomic E-state index is -0.845. The molecule has 0 radical (unpaired) electrons. The van der Waals surface area contributed by atoms with Crippen molar-refractivity contribution in [1.82, 2.24) is 19.9 Å². The summed E-state index contributed by atoms with van der Waals surface area (Å²) in [5.41, 5.74) is 2.20. The molecule has 1 aliphatic heterocycles. The van der Waals surface area contributed by atoms with Gasteiger partial charge in [0.15, 0.2) is 5.78 Å². The highest BCUT2D eigenvalue weighted by molar-refractivity contribution is 7.81. The number of piperidine rings is 1. The molecular weight excluding hydrogens is 431 g/mol. The topological polar surface area (TPSA) is 88.3 Å². The maximum absolute atomic E-state index is 14.7. The number of hydrogen-bond acceptors (Lipinski definition) is 6. The molecule has 1 saturated heterocycles. The average Bonchev–Trinajstić information content (AvgIpc) is 3.53. The molecule has 1 N–H and O–H groups in total. The quantitative estimate of drug-likeness (QED) is 0.560. The summed E-state index contributed by atoms with van der Waals surface area (Å²) in [4.78, 5) is 26.0. The Balaban J connectivity index is 1.57. The number of halogens is 1. The van der Waals surface area contributed by atoms with Gasteiger partial charge in [-0.05, 0) is 43.4 Å². The monoisotopic (exact) mass is 458 g/mol. The Hall–Kier alpha value is -2.52. The number of aliphatic carboxylic acids is 1. The summed E-state index contributed by atoms with van der Waals surface area (Å²) in [7, 11) is 0. The molecule has 1 aromatic heterocycles. The fraction of sp³-hybridized carbons (Fsp3) is 0.478. The van der Waals surface area contributed by atoms with Crippen molar-refractivity contribution >= 4 is 30.5 Å². The number of rotatable bonds is 9. The molecule has 2 unspecified atom stereocenters. The van der Waals surface area contributed by atoms with Crippen LogP contribution < -0.4 is 0 Å². The molecule has 0 amide bonds. The number of carbonyl (C=O) groups excluding carboxylic acids is 1. The van der Waals surface area contributed by atoms with E-state index >= 15 is 0 Å². The minimum absolute atomic E-state index is 0.00548. The molecule has 2 atom stereocenters. The summed E-state index contributed by atoms with van der Waals surface area (Å²) in [6, 6.07) is 5.92. The third-order valence-corrected chi connectivity index (χ3v) is 6.65. The molecule has 2 aromatic rings. The van der Waals surface area contributed by atoms with E-state index in [4.69, 9.17) is 17.7 Å². The Bertz CT molecular complexity index is 1020. The highest BCUT2D eigenvalue weighted by Crippen LogP contribution is 2.39. The van der Waals surface area contributed by atoms with Gasteiger partial charge < -0.3 is 5.11 Å². The summed E-state index contributed by atoms with van der Waals surface area (Å²) < 4.78 is 16.4. The molecule has 2 fully saturated rings. The lowest BCUT2D eigenvalue weighted by molar-refractivity contribution is -0.137. The number of thiol groups is 1. The highest BCUT2D eigenvalue weighted by Gasteiger charge is 2.40. The van der Waals surface area contributed by atoms with Crippen LogP contribution in [0.25, 0.3) is 6.08 Å². The molecule has 0 bridgehead atoms. The SMILES string of the molecule is O=C(O)CCCn1nncc1/C=C1/CN(C(C(=O)C2CC2)c2ccccc2F)CCC1S. The fourth-order valence-corrected chi connectivity index (χ4v) is 4.47. The van der Waals surface area contributed by atoms with Crippen molar-refractivity contribution in [2.75, 3.05) is 13.1 Å². The van der Waals surface area contributed by atoms with Crippen LogP contribution in [0, 0.1) is 11.7 Å². The van der Waals surface area contributed by atoms with Gasteiger partial charge in [0.1, 0.15) is 5.82 Å². The Morgan fingerprint density at radius 1 is 1.28 bits per heavy atom. The second-order valence-corrected chi connectivity index (χ2v) is 9.10. The van der Waals surface area contributed by atoms with Gasteiger partial charge in [0, 0.05) is 42.8 Å². The van der Waals surface area contributed by atoms with E-state index in [1.54, 1.807) is 29.1 Å². The molecule has 1 saturated carbocycles. The predicted molar refractivity (Wildman–Crippen MR) is 121 cm³/mol. The second kappa shape index (κ2) is 9.95. The number of aromatic nitrogens is 3. The summed E-state index contributed by atoms with van der Waals surface area (Å²) in [6.07, 6.45) is 6.59. The highest BCUT2D eigenvalue weighted by atomic mass is 32.1. The van der Waals surface area contributed by atoms with Gasteiger partial charge in [-0.1, -0.05) is 23.4 Å². The van der Waals surface area contributed by atoms with E-state index in [1.165, 1.54) is 6.07 Å². The van der Waals surface area contributed by atoms with E-state index in [2.05, 4.69) is 15.2 Å². The summed E-state index contributed by atoms with van der Waals surface area (Å²) in [5.74, 6) is -1.10. The van der Waals surface area contributed by atoms with E-state index in [0.717, 1.165) is 30.5 Å². The van der Waals surface area contributed by atoms with Crippen molar-refractivity contribution in [3.8, 4) is 0 Å².